The molecule has 1 aromatic rings. The summed E-state index contributed by atoms with van der Waals surface area (Å²) in [5.74, 6) is 1.55. The van der Waals surface area contributed by atoms with E-state index in [-0.39, 0.29) is 0 Å². The van der Waals surface area contributed by atoms with E-state index in [1.165, 1.54) is 19.5 Å². The standard InChI is InChI=1S/C13H22N4/c1-3-17-7-6-11(9-17)8-15-13-12(14)5-4-10(2)16-13/h4-5,11H,3,6-9,14H2,1-2H3,(H,15,16). The molecule has 3 N–H and O–H groups in total. The molecule has 0 saturated carbocycles. The lowest BCUT2D eigenvalue weighted by Gasteiger charge is -2.15. The molecule has 0 spiro atoms. The van der Waals surface area contributed by atoms with Crippen molar-refractivity contribution in [2.75, 3.05) is 37.2 Å². The number of hydrogen-bond acceptors (Lipinski definition) is 4. The first-order valence-corrected chi connectivity index (χ1v) is 6.38. The van der Waals surface area contributed by atoms with E-state index in [2.05, 4.69) is 22.1 Å². The molecule has 0 aromatic carbocycles. The normalized spacial score (nSPS) is 20.7. The summed E-state index contributed by atoms with van der Waals surface area (Å²) in [5.41, 5.74) is 7.63. The Morgan fingerprint density at radius 3 is 3.06 bits per heavy atom. The van der Waals surface area contributed by atoms with E-state index >= 15 is 0 Å². The average molecular weight is 234 g/mol. The molecule has 0 bridgehead atoms. The number of pyridine rings is 1. The molecule has 0 aliphatic carbocycles. The number of rotatable bonds is 4. The number of nitrogens with two attached hydrogens (primary N) is 1. The minimum Gasteiger partial charge on any atom is -0.396 e. The van der Waals surface area contributed by atoms with Crippen molar-refractivity contribution in [3.05, 3.63) is 17.8 Å². The number of nitrogen functional groups attached to an aromatic ring is 1. The van der Waals surface area contributed by atoms with Crippen LogP contribution in [-0.4, -0.2) is 36.1 Å². The molecule has 2 heterocycles. The zero-order valence-electron chi connectivity index (χ0n) is 10.7. The molecule has 94 valence electrons. The van der Waals surface area contributed by atoms with Crippen LogP contribution in [0.1, 0.15) is 19.0 Å². The first kappa shape index (κ1) is 12.2. The highest BCUT2D eigenvalue weighted by atomic mass is 15.1. The molecule has 4 heteroatoms. The summed E-state index contributed by atoms with van der Waals surface area (Å²) in [6.45, 7) is 8.74. The second-order valence-corrected chi connectivity index (χ2v) is 4.82. The Balaban J connectivity index is 1.88. The third kappa shape index (κ3) is 3.09. The van der Waals surface area contributed by atoms with Crippen LogP contribution >= 0.6 is 0 Å². The van der Waals surface area contributed by atoms with Gasteiger partial charge in [0.1, 0.15) is 5.82 Å². The molecule has 17 heavy (non-hydrogen) atoms. The Hall–Kier alpha value is -1.29. The SMILES string of the molecule is CCN1CCC(CNc2nc(C)ccc2N)C1. The van der Waals surface area contributed by atoms with Gasteiger partial charge in [-0.05, 0) is 44.5 Å². The minimum absolute atomic E-state index is 0.719. The molecule has 0 radical (unpaired) electrons. The third-order valence-electron chi connectivity index (χ3n) is 3.44. The predicted molar refractivity (Wildman–Crippen MR) is 72.1 cm³/mol. The number of anilines is 2. The maximum atomic E-state index is 5.89. The van der Waals surface area contributed by atoms with Crippen molar-refractivity contribution in [3.8, 4) is 0 Å². The molecule has 1 aromatic heterocycles. The fraction of sp³-hybridized carbons (Fsp3) is 0.615. The van der Waals surface area contributed by atoms with Gasteiger partial charge in [-0.25, -0.2) is 4.98 Å². The van der Waals surface area contributed by atoms with Crippen LogP contribution in [0.5, 0.6) is 0 Å². The van der Waals surface area contributed by atoms with E-state index in [1.54, 1.807) is 0 Å². The van der Waals surface area contributed by atoms with Crippen molar-refractivity contribution >= 4 is 11.5 Å². The maximum absolute atomic E-state index is 5.89. The predicted octanol–water partition coefficient (Wildman–Crippen LogP) is 1.73. The molecule has 1 aliphatic rings. The maximum Gasteiger partial charge on any atom is 0.149 e. The highest BCUT2D eigenvalue weighted by molar-refractivity contribution is 5.61. The first-order valence-electron chi connectivity index (χ1n) is 6.38. The average Bonchev–Trinajstić information content (AvgIpc) is 2.78. The summed E-state index contributed by atoms with van der Waals surface area (Å²) in [6.07, 6.45) is 1.27. The topological polar surface area (TPSA) is 54.2 Å². The summed E-state index contributed by atoms with van der Waals surface area (Å²) < 4.78 is 0. The fourth-order valence-electron chi connectivity index (χ4n) is 2.32. The van der Waals surface area contributed by atoms with Gasteiger partial charge in [0, 0.05) is 18.8 Å². The van der Waals surface area contributed by atoms with Gasteiger partial charge in [-0.3, -0.25) is 0 Å². The van der Waals surface area contributed by atoms with E-state index in [1.807, 2.05) is 19.1 Å². The molecule has 4 nitrogen and oxygen atoms in total. The Morgan fingerprint density at radius 2 is 2.35 bits per heavy atom. The second-order valence-electron chi connectivity index (χ2n) is 4.82. The van der Waals surface area contributed by atoms with E-state index in [0.717, 1.165) is 36.2 Å². The lowest BCUT2D eigenvalue weighted by atomic mass is 10.1. The lowest BCUT2D eigenvalue weighted by Crippen LogP contribution is -2.22. The Bertz CT molecular complexity index is 378. The van der Waals surface area contributed by atoms with Gasteiger partial charge < -0.3 is 16.0 Å². The van der Waals surface area contributed by atoms with E-state index in [4.69, 9.17) is 5.73 Å². The van der Waals surface area contributed by atoms with E-state index in [9.17, 15) is 0 Å². The Morgan fingerprint density at radius 1 is 1.53 bits per heavy atom. The molecular weight excluding hydrogens is 212 g/mol. The summed E-state index contributed by atoms with van der Waals surface area (Å²) in [7, 11) is 0. The summed E-state index contributed by atoms with van der Waals surface area (Å²) in [4.78, 5) is 6.91. The first-order chi connectivity index (χ1) is 8.19. The van der Waals surface area contributed by atoms with Gasteiger partial charge >= 0.3 is 0 Å². The highest BCUT2D eigenvalue weighted by Crippen LogP contribution is 2.19. The number of hydrogen-bond donors (Lipinski definition) is 2. The van der Waals surface area contributed by atoms with Crippen LogP contribution in [0.2, 0.25) is 0 Å². The molecule has 1 aliphatic heterocycles. The van der Waals surface area contributed by atoms with Gasteiger partial charge in [-0.2, -0.15) is 0 Å². The molecular formula is C13H22N4. The molecule has 1 atom stereocenters. The second kappa shape index (κ2) is 5.36. The van der Waals surface area contributed by atoms with Crippen molar-refractivity contribution in [1.29, 1.82) is 0 Å². The van der Waals surface area contributed by atoms with Crippen LogP contribution < -0.4 is 11.1 Å². The Kier molecular flexibility index (Phi) is 3.84. The summed E-state index contributed by atoms with van der Waals surface area (Å²) in [5, 5.41) is 3.38. The number of nitrogens with zero attached hydrogens (tertiary/aromatic N) is 2. The van der Waals surface area contributed by atoms with Crippen LogP contribution in [-0.2, 0) is 0 Å². The number of nitrogens with one attached hydrogen (secondary N) is 1. The van der Waals surface area contributed by atoms with Crippen LogP contribution in [0, 0.1) is 12.8 Å². The molecule has 1 unspecified atom stereocenters. The summed E-state index contributed by atoms with van der Waals surface area (Å²) in [6, 6.07) is 3.85. The highest BCUT2D eigenvalue weighted by Gasteiger charge is 2.20. The van der Waals surface area contributed by atoms with Gasteiger partial charge in [0.15, 0.2) is 0 Å². The van der Waals surface area contributed by atoms with Crippen LogP contribution in [0.4, 0.5) is 11.5 Å². The van der Waals surface area contributed by atoms with Crippen molar-refractivity contribution in [3.63, 3.8) is 0 Å². The van der Waals surface area contributed by atoms with Crippen LogP contribution in [0.25, 0.3) is 0 Å². The van der Waals surface area contributed by atoms with E-state index in [0.29, 0.717) is 0 Å². The quantitative estimate of drug-likeness (QED) is 0.833. The monoisotopic (exact) mass is 234 g/mol. The lowest BCUT2D eigenvalue weighted by molar-refractivity contribution is 0.345. The Labute approximate surface area is 103 Å². The van der Waals surface area contributed by atoms with Gasteiger partial charge in [0.25, 0.3) is 0 Å². The number of aromatic nitrogens is 1. The minimum atomic E-state index is 0.719. The molecule has 0 amide bonds. The van der Waals surface area contributed by atoms with Gasteiger partial charge in [-0.1, -0.05) is 6.92 Å². The molecule has 1 fully saturated rings. The van der Waals surface area contributed by atoms with Gasteiger partial charge in [0.05, 0.1) is 5.69 Å². The number of likely N-dealkylation sites (tertiary alicyclic amines) is 1. The van der Waals surface area contributed by atoms with Crippen molar-refractivity contribution in [1.82, 2.24) is 9.88 Å². The fourth-order valence-corrected chi connectivity index (χ4v) is 2.32. The smallest absolute Gasteiger partial charge is 0.149 e. The zero-order chi connectivity index (χ0) is 12.3. The summed E-state index contributed by atoms with van der Waals surface area (Å²) >= 11 is 0. The van der Waals surface area contributed by atoms with Gasteiger partial charge in [-0.15, -0.1) is 0 Å². The van der Waals surface area contributed by atoms with Crippen LogP contribution in [0.3, 0.4) is 0 Å². The largest absolute Gasteiger partial charge is 0.396 e. The molecule has 1 saturated heterocycles. The van der Waals surface area contributed by atoms with Gasteiger partial charge in [0.2, 0.25) is 0 Å². The van der Waals surface area contributed by atoms with Crippen LogP contribution in [0.15, 0.2) is 12.1 Å². The van der Waals surface area contributed by atoms with Crippen molar-refractivity contribution in [2.45, 2.75) is 20.3 Å². The zero-order valence-corrected chi connectivity index (χ0v) is 10.7. The molecule has 2 rings (SSSR count). The van der Waals surface area contributed by atoms with Crippen molar-refractivity contribution < 1.29 is 0 Å². The van der Waals surface area contributed by atoms with E-state index < -0.39 is 0 Å². The number of aryl methyl sites for hydroxylation is 1. The van der Waals surface area contributed by atoms with Crippen molar-refractivity contribution in [2.24, 2.45) is 5.92 Å². The third-order valence-corrected chi connectivity index (χ3v) is 3.44.